The molecule has 1 atom stereocenters. The van der Waals surface area contributed by atoms with Crippen LogP contribution < -0.4 is 10.6 Å². The zero-order valence-electron chi connectivity index (χ0n) is 19.6. The van der Waals surface area contributed by atoms with Gasteiger partial charge in [0.1, 0.15) is 0 Å². The van der Waals surface area contributed by atoms with Crippen LogP contribution in [0.15, 0.2) is 4.99 Å². The maximum Gasteiger partial charge on any atom is 0.191 e. The Hall–Kier alpha value is -0.850. The predicted molar refractivity (Wildman–Crippen MR) is 124 cm³/mol. The van der Waals surface area contributed by atoms with Crippen LogP contribution in [0, 0.1) is 11.3 Å². The summed E-state index contributed by atoms with van der Waals surface area (Å²) in [5.41, 5.74) is 0.349. The van der Waals surface area contributed by atoms with Crippen molar-refractivity contribution in [2.45, 2.75) is 59.8 Å². The molecule has 1 aliphatic carbocycles. The minimum atomic E-state index is 0.349. The monoisotopic (exact) mass is 409 g/mol. The SMILES string of the molecule is CCNC(=NCC1(CCOCC)CCCC1)NCC(C)CN1CCN(CC)CC1. The first-order chi connectivity index (χ1) is 14.1. The minimum Gasteiger partial charge on any atom is -0.382 e. The van der Waals surface area contributed by atoms with E-state index in [1.807, 2.05) is 0 Å². The average Bonchev–Trinajstić information content (AvgIpc) is 3.20. The van der Waals surface area contributed by atoms with Crippen molar-refractivity contribution in [3.05, 3.63) is 0 Å². The van der Waals surface area contributed by atoms with Crippen molar-refractivity contribution in [2.75, 3.05) is 72.1 Å². The third kappa shape index (κ3) is 8.81. The lowest BCUT2D eigenvalue weighted by Gasteiger charge is -2.35. The second-order valence-electron chi connectivity index (χ2n) is 9.07. The van der Waals surface area contributed by atoms with Gasteiger partial charge in [-0.1, -0.05) is 26.7 Å². The number of likely N-dealkylation sites (N-methyl/N-ethyl adjacent to an activating group) is 1. The van der Waals surface area contributed by atoms with Crippen molar-refractivity contribution < 1.29 is 4.74 Å². The van der Waals surface area contributed by atoms with Gasteiger partial charge in [0.15, 0.2) is 5.96 Å². The molecule has 6 heteroatoms. The molecule has 2 aliphatic rings. The molecule has 2 fully saturated rings. The summed E-state index contributed by atoms with van der Waals surface area (Å²) < 4.78 is 5.65. The fraction of sp³-hybridized carbons (Fsp3) is 0.957. The standard InChI is InChI=1S/C23H47N5O/c1-5-24-22(26-20-23(10-8-9-11-23)12-17-29-7-3)25-18-21(4)19-28-15-13-27(6-2)14-16-28/h21H,5-20H2,1-4H3,(H2,24,25,26). The molecule has 1 heterocycles. The van der Waals surface area contributed by atoms with Gasteiger partial charge in [0, 0.05) is 65.6 Å². The Bertz CT molecular complexity index is 456. The molecule has 0 radical (unpaired) electrons. The number of guanidine groups is 1. The fourth-order valence-electron chi connectivity index (χ4n) is 4.70. The molecule has 0 aromatic rings. The zero-order valence-corrected chi connectivity index (χ0v) is 19.6. The summed E-state index contributed by atoms with van der Waals surface area (Å²) in [6.45, 7) is 20.5. The lowest BCUT2D eigenvalue weighted by molar-refractivity contribution is 0.107. The van der Waals surface area contributed by atoms with Gasteiger partial charge in [-0.25, -0.2) is 0 Å². The van der Waals surface area contributed by atoms with Crippen molar-refractivity contribution in [3.8, 4) is 0 Å². The largest absolute Gasteiger partial charge is 0.382 e. The fourth-order valence-corrected chi connectivity index (χ4v) is 4.70. The molecular formula is C23H47N5O. The van der Waals surface area contributed by atoms with Gasteiger partial charge in [-0.3, -0.25) is 4.99 Å². The van der Waals surface area contributed by atoms with E-state index < -0.39 is 0 Å². The molecule has 29 heavy (non-hydrogen) atoms. The van der Waals surface area contributed by atoms with Gasteiger partial charge < -0.3 is 25.2 Å². The van der Waals surface area contributed by atoms with Gasteiger partial charge in [0.2, 0.25) is 0 Å². The highest BCUT2D eigenvalue weighted by Crippen LogP contribution is 2.41. The summed E-state index contributed by atoms with van der Waals surface area (Å²) in [5.74, 6) is 1.60. The first-order valence-corrected chi connectivity index (χ1v) is 12.2. The van der Waals surface area contributed by atoms with Crippen LogP contribution in [-0.4, -0.2) is 87.9 Å². The van der Waals surface area contributed by atoms with E-state index in [0.717, 1.165) is 45.2 Å². The molecule has 1 unspecified atom stereocenters. The Kier molecular flexibility index (Phi) is 11.3. The topological polar surface area (TPSA) is 52.1 Å². The molecule has 6 nitrogen and oxygen atoms in total. The van der Waals surface area contributed by atoms with Crippen LogP contribution >= 0.6 is 0 Å². The molecule has 0 bridgehead atoms. The molecule has 0 aromatic heterocycles. The molecule has 170 valence electrons. The van der Waals surface area contributed by atoms with E-state index in [-0.39, 0.29) is 0 Å². The highest BCUT2D eigenvalue weighted by molar-refractivity contribution is 5.79. The summed E-state index contributed by atoms with van der Waals surface area (Å²) in [6.07, 6.45) is 6.41. The van der Waals surface area contributed by atoms with E-state index in [1.165, 1.54) is 65.0 Å². The Morgan fingerprint density at radius 3 is 2.34 bits per heavy atom. The first-order valence-electron chi connectivity index (χ1n) is 12.2. The van der Waals surface area contributed by atoms with Gasteiger partial charge in [-0.2, -0.15) is 0 Å². The summed E-state index contributed by atoms with van der Waals surface area (Å²) in [5, 5.41) is 7.06. The Morgan fingerprint density at radius 2 is 1.72 bits per heavy atom. The molecule has 0 spiro atoms. The van der Waals surface area contributed by atoms with Gasteiger partial charge in [0.05, 0.1) is 0 Å². The third-order valence-electron chi connectivity index (χ3n) is 6.66. The maximum atomic E-state index is 5.65. The van der Waals surface area contributed by atoms with Crippen molar-refractivity contribution in [1.29, 1.82) is 0 Å². The second-order valence-corrected chi connectivity index (χ2v) is 9.07. The number of nitrogens with zero attached hydrogens (tertiary/aromatic N) is 3. The normalized spacial score (nSPS) is 22.0. The van der Waals surface area contributed by atoms with E-state index in [0.29, 0.717) is 11.3 Å². The summed E-state index contributed by atoms with van der Waals surface area (Å²) in [7, 11) is 0. The molecule has 0 amide bonds. The number of aliphatic imine (C=N–C) groups is 1. The lowest BCUT2D eigenvalue weighted by Crippen LogP contribution is -2.48. The first kappa shape index (κ1) is 24.4. The summed E-state index contributed by atoms with van der Waals surface area (Å²) >= 11 is 0. The summed E-state index contributed by atoms with van der Waals surface area (Å²) in [6, 6.07) is 0. The van der Waals surface area contributed by atoms with E-state index in [9.17, 15) is 0 Å². The van der Waals surface area contributed by atoms with Crippen LogP contribution in [0.5, 0.6) is 0 Å². The van der Waals surface area contributed by atoms with Crippen molar-refractivity contribution in [3.63, 3.8) is 0 Å². The van der Waals surface area contributed by atoms with Crippen molar-refractivity contribution >= 4 is 5.96 Å². The van der Waals surface area contributed by atoms with Gasteiger partial charge in [0.25, 0.3) is 0 Å². The summed E-state index contributed by atoms with van der Waals surface area (Å²) in [4.78, 5) is 10.2. The van der Waals surface area contributed by atoms with E-state index in [1.54, 1.807) is 0 Å². The molecule has 1 saturated carbocycles. The van der Waals surface area contributed by atoms with Crippen molar-refractivity contribution in [1.82, 2.24) is 20.4 Å². The smallest absolute Gasteiger partial charge is 0.191 e. The molecular weight excluding hydrogens is 362 g/mol. The lowest BCUT2D eigenvalue weighted by atomic mass is 9.83. The number of ether oxygens (including phenoxy) is 1. The minimum absolute atomic E-state index is 0.349. The van der Waals surface area contributed by atoms with Crippen LogP contribution in [0.4, 0.5) is 0 Å². The van der Waals surface area contributed by atoms with E-state index in [2.05, 4.69) is 48.1 Å². The van der Waals surface area contributed by atoms with E-state index >= 15 is 0 Å². The Balaban J connectivity index is 1.78. The quantitative estimate of drug-likeness (QED) is 0.295. The highest BCUT2D eigenvalue weighted by Gasteiger charge is 2.33. The van der Waals surface area contributed by atoms with E-state index in [4.69, 9.17) is 9.73 Å². The molecule has 1 saturated heterocycles. The number of hydrogen-bond acceptors (Lipinski definition) is 4. The molecule has 1 aliphatic heterocycles. The van der Waals surface area contributed by atoms with Gasteiger partial charge in [-0.15, -0.1) is 0 Å². The molecule has 2 rings (SSSR count). The van der Waals surface area contributed by atoms with Gasteiger partial charge >= 0.3 is 0 Å². The number of hydrogen-bond donors (Lipinski definition) is 2. The van der Waals surface area contributed by atoms with Crippen LogP contribution in [0.2, 0.25) is 0 Å². The van der Waals surface area contributed by atoms with Gasteiger partial charge in [-0.05, 0) is 51.0 Å². The Labute approximate surface area is 179 Å². The van der Waals surface area contributed by atoms with Crippen LogP contribution in [0.3, 0.4) is 0 Å². The Morgan fingerprint density at radius 1 is 1.03 bits per heavy atom. The number of piperazine rings is 1. The second kappa shape index (κ2) is 13.5. The third-order valence-corrected chi connectivity index (χ3v) is 6.66. The maximum absolute atomic E-state index is 5.65. The number of rotatable bonds is 12. The number of nitrogens with one attached hydrogen (secondary N) is 2. The van der Waals surface area contributed by atoms with Crippen molar-refractivity contribution in [2.24, 2.45) is 16.3 Å². The van der Waals surface area contributed by atoms with Crippen LogP contribution in [-0.2, 0) is 4.74 Å². The highest BCUT2D eigenvalue weighted by atomic mass is 16.5. The molecule has 0 aromatic carbocycles. The average molecular weight is 410 g/mol. The van der Waals surface area contributed by atoms with Crippen LogP contribution in [0.1, 0.15) is 59.8 Å². The molecule has 2 N–H and O–H groups in total. The zero-order chi connectivity index (χ0) is 21.0. The predicted octanol–water partition coefficient (Wildman–Crippen LogP) is 2.80. The van der Waals surface area contributed by atoms with Crippen LogP contribution in [0.25, 0.3) is 0 Å².